The molecule has 0 bridgehead atoms. The van der Waals surface area contributed by atoms with Gasteiger partial charge in [-0.1, -0.05) is 30.3 Å². The number of ether oxygens (including phenoxy) is 1. The molecule has 0 atom stereocenters. The Morgan fingerprint density at radius 1 is 0.595 bits per heavy atom. The van der Waals surface area contributed by atoms with Crippen LogP contribution < -0.4 is 9.64 Å². The zero-order chi connectivity index (χ0) is 30.7. The van der Waals surface area contributed by atoms with E-state index in [-0.39, 0.29) is 0 Å². The van der Waals surface area contributed by atoms with Crippen LogP contribution in [0.25, 0.3) is 0 Å². The number of hydrogen-bond donors (Lipinski definition) is 0. The van der Waals surface area contributed by atoms with Crippen molar-refractivity contribution in [1.82, 2.24) is 0 Å². The molecular formula is C31H51NO8Si2. The molecule has 0 aliphatic carbocycles. The second kappa shape index (κ2) is 20.0. The molecule has 9 nitrogen and oxygen atoms in total. The lowest BCUT2D eigenvalue weighted by Crippen LogP contribution is -2.47. The van der Waals surface area contributed by atoms with Crippen LogP contribution in [0.4, 0.5) is 5.69 Å². The summed E-state index contributed by atoms with van der Waals surface area (Å²) in [5.41, 5.74) is 1.32. The normalized spacial score (nSPS) is 12.0. The van der Waals surface area contributed by atoms with Gasteiger partial charge in [0, 0.05) is 64.8 Å². The first-order valence-corrected chi connectivity index (χ1v) is 19.2. The fraction of sp³-hybridized carbons (Fsp3) is 0.581. The number of benzene rings is 2. The molecule has 2 aromatic rings. The Balaban J connectivity index is 2.32. The molecule has 2 rings (SSSR count). The predicted octanol–water partition coefficient (Wildman–Crippen LogP) is 6.59. The van der Waals surface area contributed by atoms with Crippen LogP contribution in [0, 0.1) is 0 Å². The minimum Gasteiger partial charge on any atom is -0.423 e. The number of rotatable bonds is 23. The van der Waals surface area contributed by atoms with Crippen LogP contribution in [0.15, 0.2) is 54.6 Å². The summed E-state index contributed by atoms with van der Waals surface area (Å²) in [6, 6.07) is 18.1. The van der Waals surface area contributed by atoms with Crippen molar-refractivity contribution in [3.8, 4) is 5.75 Å². The monoisotopic (exact) mass is 621 g/mol. The van der Waals surface area contributed by atoms with Crippen molar-refractivity contribution in [2.45, 2.75) is 66.5 Å². The third-order valence-electron chi connectivity index (χ3n) is 6.43. The van der Waals surface area contributed by atoms with Crippen LogP contribution in [-0.2, 0) is 26.6 Å². The van der Waals surface area contributed by atoms with Gasteiger partial charge < -0.3 is 36.2 Å². The Morgan fingerprint density at radius 3 is 1.43 bits per heavy atom. The average Bonchev–Trinajstić information content (AvgIpc) is 2.98. The first-order chi connectivity index (χ1) is 20.4. The van der Waals surface area contributed by atoms with Crippen LogP contribution in [0.1, 0.15) is 64.7 Å². The Hall–Kier alpha value is -2.10. The Labute approximate surface area is 255 Å². The van der Waals surface area contributed by atoms with Gasteiger partial charge in [0.25, 0.3) is 0 Å². The molecule has 0 radical (unpaired) electrons. The zero-order valence-electron chi connectivity index (χ0n) is 26.4. The summed E-state index contributed by atoms with van der Waals surface area (Å²) in [5.74, 6) is 0.107. The molecule has 0 N–H and O–H groups in total. The van der Waals surface area contributed by atoms with E-state index >= 15 is 0 Å². The number of para-hydroxylation sites is 2. The second-order valence-electron chi connectivity index (χ2n) is 9.38. The lowest BCUT2D eigenvalue weighted by atomic mass is 10.1. The number of esters is 1. The largest absolute Gasteiger partial charge is 0.500 e. The maximum Gasteiger partial charge on any atom is 0.500 e. The number of carbonyl (C=O) groups is 1. The first-order valence-electron chi connectivity index (χ1n) is 15.4. The summed E-state index contributed by atoms with van der Waals surface area (Å²) in [6.07, 6.45) is 1.53. The van der Waals surface area contributed by atoms with Gasteiger partial charge in [-0.2, -0.15) is 0 Å². The van der Waals surface area contributed by atoms with E-state index in [2.05, 4.69) is 4.90 Å². The minimum absolute atomic E-state index is 0.398. The van der Waals surface area contributed by atoms with Gasteiger partial charge in [0.05, 0.1) is 11.3 Å². The highest BCUT2D eigenvalue weighted by Gasteiger charge is 2.41. The van der Waals surface area contributed by atoms with E-state index in [0.29, 0.717) is 76.1 Å². The smallest absolute Gasteiger partial charge is 0.423 e. The summed E-state index contributed by atoms with van der Waals surface area (Å²) >= 11 is 0. The quantitative estimate of drug-likeness (QED) is 0.0775. The molecule has 0 aromatic heterocycles. The summed E-state index contributed by atoms with van der Waals surface area (Å²) < 4.78 is 42.3. The van der Waals surface area contributed by atoms with Gasteiger partial charge in [0.1, 0.15) is 5.75 Å². The van der Waals surface area contributed by atoms with Gasteiger partial charge in [-0.05, 0) is 78.6 Å². The molecule has 0 aliphatic heterocycles. The SMILES string of the molecule is CCO[Si](CCCN(CCC[Si](OCC)(OCC)OCC)c1ccccc1C(=O)Oc1ccccc1)(OCC)OCC. The minimum atomic E-state index is -2.81. The summed E-state index contributed by atoms with van der Waals surface area (Å²) in [6.45, 7) is 16.3. The molecule has 42 heavy (non-hydrogen) atoms. The van der Waals surface area contributed by atoms with E-state index in [9.17, 15) is 4.79 Å². The third kappa shape index (κ3) is 11.5. The molecule has 0 amide bonds. The summed E-state index contributed by atoms with van der Waals surface area (Å²) in [5, 5.41) is 0. The Kier molecular flexibility index (Phi) is 17.2. The topological polar surface area (TPSA) is 84.9 Å². The molecule has 11 heteroatoms. The highest BCUT2D eigenvalue weighted by molar-refractivity contribution is 6.61. The van der Waals surface area contributed by atoms with Crippen molar-refractivity contribution in [2.75, 3.05) is 57.6 Å². The Morgan fingerprint density at radius 2 is 1.00 bits per heavy atom. The van der Waals surface area contributed by atoms with Gasteiger partial charge in [-0.3, -0.25) is 0 Å². The van der Waals surface area contributed by atoms with Gasteiger partial charge in [0.2, 0.25) is 0 Å². The maximum absolute atomic E-state index is 13.4. The maximum atomic E-state index is 13.4. The van der Waals surface area contributed by atoms with Crippen molar-refractivity contribution in [2.24, 2.45) is 0 Å². The molecule has 236 valence electrons. The zero-order valence-corrected chi connectivity index (χ0v) is 28.4. The molecule has 0 spiro atoms. The highest BCUT2D eigenvalue weighted by Crippen LogP contribution is 2.27. The van der Waals surface area contributed by atoms with Crippen molar-refractivity contribution >= 4 is 29.3 Å². The average molecular weight is 622 g/mol. The lowest BCUT2D eigenvalue weighted by molar-refractivity contribution is 0.0705. The van der Waals surface area contributed by atoms with Crippen molar-refractivity contribution in [3.05, 3.63) is 60.2 Å². The van der Waals surface area contributed by atoms with Crippen LogP contribution in [-0.4, -0.2) is 76.3 Å². The van der Waals surface area contributed by atoms with E-state index in [0.717, 1.165) is 18.5 Å². The molecule has 0 aliphatic rings. The van der Waals surface area contributed by atoms with E-state index < -0.39 is 23.6 Å². The molecule has 2 aromatic carbocycles. The fourth-order valence-corrected chi connectivity index (χ4v) is 10.1. The van der Waals surface area contributed by atoms with E-state index in [1.807, 2.05) is 84.0 Å². The number of carbonyl (C=O) groups excluding carboxylic acids is 1. The van der Waals surface area contributed by atoms with Crippen LogP contribution >= 0.6 is 0 Å². The molecular weight excluding hydrogens is 571 g/mol. The van der Waals surface area contributed by atoms with E-state index in [1.165, 1.54) is 0 Å². The lowest BCUT2D eigenvalue weighted by Gasteiger charge is -2.32. The fourth-order valence-electron chi connectivity index (χ4n) is 4.90. The number of hydrogen-bond acceptors (Lipinski definition) is 9. The standard InChI is InChI=1S/C31H51NO8Si2/c1-7-34-41(35-8-2,36-9-3)26-18-24-32(25-19-27-42(37-10-4,38-11-5)39-12-6)30-23-17-16-22-29(30)31(33)40-28-20-14-13-15-21-28/h13-17,20-23H,7-12,18-19,24-27H2,1-6H3. The van der Waals surface area contributed by atoms with Crippen molar-refractivity contribution in [1.29, 1.82) is 0 Å². The molecule has 0 saturated carbocycles. The summed E-state index contributed by atoms with van der Waals surface area (Å²) in [7, 11) is -5.63. The van der Waals surface area contributed by atoms with Crippen LogP contribution in [0.5, 0.6) is 5.75 Å². The number of nitrogens with zero attached hydrogens (tertiary/aromatic N) is 1. The van der Waals surface area contributed by atoms with Crippen LogP contribution in [0.3, 0.4) is 0 Å². The molecule has 0 saturated heterocycles. The van der Waals surface area contributed by atoms with Gasteiger partial charge in [0.15, 0.2) is 0 Å². The predicted molar refractivity (Wildman–Crippen MR) is 170 cm³/mol. The summed E-state index contributed by atoms with van der Waals surface area (Å²) in [4.78, 5) is 15.6. The first kappa shape index (κ1) is 36.1. The van der Waals surface area contributed by atoms with Gasteiger partial charge in [-0.15, -0.1) is 0 Å². The van der Waals surface area contributed by atoms with E-state index in [4.69, 9.17) is 31.3 Å². The van der Waals surface area contributed by atoms with Gasteiger partial charge in [-0.25, -0.2) is 4.79 Å². The van der Waals surface area contributed by atoms with E-state index in [1.54, 1.807) is 12.1 Å². The highest BCUT2D eigenvalue weighted by atomic mass is 28.4. The Bertz CT molecular complexity index is 947. The number of anilines is 1. The molecule has 0 unspecified atom stereocenters. The second-order valence-corrected chi connectivity index (χ2v) is 14.8. The van der Waals surface area contributed by atoms with Gasteiger partial charge >= 0.3 is 23.6 Å². The van der Waals surface area contributed by atoms with Crippen molar-refractivity contribution < 1.29 is 36.1 Å². The third-order valence-corrected chi connectivity index (χ3v) is 12.7. The molecule has 0 heterocycles. The van der Waals surface area contributed by atoms with Crippen molar-refractivity contribution in [3.63, 3.8) is 0 Å². The molecule has 0 fully saturated rings. The van der Waals surface area contributed by atoms with Crippen LogP contribution in [0.2, 0.25) is 12.1 Å².